The summed E-state index contributed by atoms with van der Waals surface area (Å²) in [5, 5.41) is 3.36. The number of carbonyl (C=O) groups excluding carboxylic acids is 1. The Morgan fingerprint density at radius 1 is 1.29 bits per heavy atom. The first-order chi connectivity index (χ1) is 9.99. The minimum atomic E-state index is -0.293. The van der Waals surface area contributed by atoms with Crippen LogP contribution in [0.4, 0.5) is 4.39 Å². The van der Waals surface area contributed by atoms with Crippen LogP contribution in [0.25, 0.3) is 0 Å². The van der Waals surface area contributed by atoms with Crippen LogP contribution in [-0.4, -0.2) is 43.7 Å². The lowest BCUT2D eigenvalue weighted by Crippen LogP contribution is -2.43. The van der Waals surface area contributed by atoms with E-state index in [2.05, 4.69) is 5.32 Å². The van der Waals surface area contributed by atoms with Gasteiger partial charge in [-0.3, -0.25) is 4.79 Å². The topological polar surface area (TPSA) is 41.6 Å². The molecule has 1 aromatic rings. The van der Waals surface area contributed by atoms with Crippen LogP contribution < -0.4 is 5.32 Å². The van der Waals surface area contributed by atoms with Gasteiger partial charge in [0.15, 0.2) is 0 Å². The van der Waals surface area contributed by atoms with Crippen LogP contribution in [0.1, 0.15) is 25.8 Å². The molecule has 1 heterocycles. The van der Waals surface area contributed by atoms with E-state index in [0.717, 1.165) is 5.56 Å². The minimum absolute atomic E-state index is 0.153. The van der Waals surface area contributed by atoms with E-state index in [1.165, 1.54) is 12.1 Å². The van der Waals surface area contributed by atoms with Gasteiger partial charge in [-0.1, -0.05) is 12.1 Å². The Balaban J connectivity index is 1.81. The highest BCUT2D eigenvalue weighted by Crippen LogP contribution is 2.20. The number of benzene rings is 1. The van der Waals surface area contributed by atoms with Crippen molar-refractivity contribution in [2.24, 2.45) is 0 Å². The molecule has 1 aromatic carbocycles. The Morgan fingerprint density at radius 2 is 1.90 bits per heavy atom. The number of carbonyl (C=O) groups is 1. The number of ether oxygens (including phenoxy) is 1. The van der Waals surface area contributed by atoms with Crippen LogP contribution in [0, 0.1) is 5.82 Å². The molecule has 1 saturated heterocycles. The molecule has 0 aliphatic carbocycles. The molecule has 2 rings (SSSR count). The number of hydrogen-bond acceptors (Lipinski definition) is 3. The summed E-state index contributed by atoms with van der Waals surface area (Å²) in [6.45, 7) is 7.26. The molecule has 0 spiro atoms. The number of hydrogen-bond donors (Lipinski definition) is 1. The molecular weight excluding hydrogens is 271 g/mol. The smallest absolute Gasteiger partial charge is 0.224 e. The van der Waals surface area contributed by atoms with Crippen molar-refractivity contribution in [1.82, 2.24) is 10.2 Å². The standard InChI is InChI=1S/C16H23FN2O2/c1-16(2,13-3-5-14(17)6-4-13)18-8-7-15(20)19-9-11-21-12-10-19/h3-6,18H,7-12H2,1-2H3. The monoisotopic (exact) mass is 294 g/mol. The van der Waals surface area contributed by atoms with Crippen molar-refractivity contribution in [3.63, 3.8) is 0 Å². The van der Waals surface area contributed by atoms with Gasteiger partial charge in [0.25, 0.3) is 0 Å². The summed E-state index contributed by atoms with van der Waals surface area (Å²) in [5.74, 6) is -0.0854. The highest BCUT2D eigenvalue weighted by atomic mass is 19.1. The average molecular weight is 294 g/mol. The molecule has 0 bridgehead atoms. The Hall–Kier alpha value is -1.46. The van der Waals surface area contributed by atoms with Gasteiger partial charge in [-0.05, 0) is 31.5 Å². The number of nitrogens with one attached hydrogen (secondary N) is 1. The first-order valence-electron chi connectivity index (χ1n) is 7.35. The van der Waals surface area contributed by atoms with E-state index >= 15 is 0 Å². The molecule has 0 aromatic heterocycles. The van der Waals surface area contributed by atoms with Crippen molar-refractivity contribution in [3.05, 3.63) is 35.6 Å². The molecule has 1 aliphatic rings. The lowest BCUT2D eigenvalue weighted by molar-refractivity contribution is -0.135. The number of rotatable bonds is 5. The Morgan fingerprint density at radius 3 is 2.52 bits per heavy atom. The van der Waals surface area contributed by atoms with Gasteiger partial charge in [0.05, 0.1) is 13.2 Å². The van der Waals surface area contributed by atoms with E-state index in [0.29, 0.717) is 39.3 Å². The van der Waals surface area contributed by atoms with Gasteiger partial charge in [0.2, 0.25) is 5.91 Å². The van der Waals surface area contributed by atoms with Crippen molar-refractivity contribution < 1.29 is 13.9 Å². The Kier molecular flexibility index (Phi) is 5.31. The van der Waals surface area contributed by atoms with E-state index in [4.69, 9.17) is 4.74 Å². The summed E-state index contributed by atoms with van der Waals surface area (Å²) in [4.78, 5) is 13.9. The molecule has 0 saturated carbocycles. The third-order valence-electron chi connectivity index (χ3n) is 3.84. The zero-order chi connectivity index (χ0) is 15.3. The molecule has 1 amide bonds. The second-order valence-electron chi connectivity index (χ2n) is 5.80. The lowest BCUT2D eigenvalue weighted by Gasteiger charge is -2.29. The molecule has 1 aliphatic heterocycles. The van der Waals surface area contributed by atoms with Crippen LogP contribution in [0.2, 0.25) is 0 Å². The van der Waals surface area contributed by atoms with Gasteiger partial charge in [0.1, 0.15) is 5.82 Å². The van der Waals surface area contributed by atoms with E-state index in [1.807, 2.05) is 18.7 Å². The van der Waals surface area contributed by atoms with Gasteiger partial charge in [0, 0.05) is 31.6 Å². The normalized spacial score (nSPS) is 16.0. The summed E-state index contributed by atoms with van der Waals surface area (Å²) in [6.07, 6.45) is 0.463. The van der Waals surface area contributed by atoms with Crippen molar-refractivity contribution in [2.75, 3.05) is 32.8 Å². The zero-order valence-electron chi connectivity index (χ0n) is 12.7. The quantitative estimate of drug-likeness (QED) is 0.902. The molecule has 5 heteroatoms. The molecule has 1 N–H and O–H groups in total. The van der Waals surface area contributed by atoms with Crippen LogP contribution in [0.15, 0.2) is 24.3 Å². The molecular formula is C16H23FN2O2. The highest BCUT2D eigenvalue weighted by Gasteiger charge is 2.21. The average Bonchev–Trinajstić information content (AvgIpc) is 2.48. The maximum atomic E-state index is 13.0. The molecule has 0 atom stereocenters. The lowest BCUT2D eigenvalue weighted by atomic mass is 9.94. The first-order valence-corrected chi connectivity index (χ1v) is 7.35. The fraction of sp³-hybridized carbons (Fsp3) is 0.562. The zero-order valence-corrected chi connectivity index (χ0v) is 12.7. The predicted molar refractivity (Wildman–Crippen MR) is 79.4 cm³/mol. The molecule has 0 unspecified atom stereocenters. The summed E-state index contributed by atoms with van der Waals surface area (Å²) in [5.41, 5.74) is 0.710. The van der Waals surface area contributed by atoms with E-state index < -0.39 is 0 Å². The fourth-order valence-electron chi connectivity index (χ4n) is 2.42. The van der Waals surface area contributed by atoms with Crippen molar-refractivity contribution in [3.8, 4) is 0 Å². The van der Waals surface area contributed by atoms with Crippen LogP contribution >= 0.6 is 0 Å². The SMILES string of the molecule is CC(C)(NCCC(=O)N1CCOCC1)c1ccc(F)cc1. The second-order valence-corrected chi connectivity index (χ2v) is 5.80. The Bertz CT molecular complexity index is 468. The number of nitrogens with zero attached hydrogens (tertiary/aromatic N) is 1. The maximum absolute atomic E-state index is 13.0. The van der Waals surface area contributed by atoms with Crippen LogP contribution in [0.3, 0.4) is 0 Å². The summed E-state index contributed by atoms with van der Waals surface area (Å²) in [7, 11) is 0. The third kappa shape index (κ3) is 4.51. The van der Waals surface area contributed by atoms with Gasteiger partial charge in [-0.2, -0.15) is 0 Å². The van der Waals surface area contributed by atoms with E-state index in [1.54, 1.807) is 12.1 Å². The summed E-state index contributed by atoms with van der Waals surface area (Å²) >= 11 is 0. The second kappa shape index (κ2) is 7.00. The number of amides is 1. The molecule has 116 valence electrons. The summed E-state index contributed by atoms with van der Waals surface area (Å²) < 4.78 is 18.2. The van der Waals surface area contributed by atoms with Crippen molar-refractivity contribution >= 4 is 5.91 Å². The first kappa shape index (κ1) is 15.9. The minimum Gasteiger partial charge on any atom is -0.378 e. The maximum Gasteiger partial charge on any atom is 0.224 e. The van der Waals surface area contributed by atoms with Crippen molar-refractivity contribution in [1.29, 1.82) is 0 Å². The van der Waals surface area contributed by atoms with Gasteiger partial charge in [-0.25, -0.2) is 4.39 Å². The van der Waals surface area contributed by atoms with Gasteiger partial charge >= 0.3 is 0 Å². The Labute approximate surface area is 125 Å². The molecule has 1 fully saturated rings. The van der Waals surface area contributed by atoms with E-state index in [-0.39, 0.29) is 17.3 Å². The van der Waals surface area contributed by atoms with Gasteiger partial charge in [-0.15, -0.1) is 0 Å². The van der Waals surface area contributed by atoms with Gasteiger partial charge < -0.3 is 15.0 Å². The van der Waals surface area contributed by atoms with Crippen molar-refractivity contribution in [2.45, 2.75) is 25.8 Å². The molecule has 21 heavy (non-hydrogen) atoms. The predicted octanol–water partition coefficient (Wildman–Crippen LogP) is 1.90. The molecule has 0 radical (unpaired) electrons. The van der Waals surface area contributed by atoms with Crippen LogP contribution in [0.5, 0.6) is 0 Å². The fourth-order valence-corrected chi connectivity index (χ4v) is 2.42. The van der Waals surface area contributed by atoms with Crippen LogP contribution in [-0.2, 0) is 15.1 Å². The third-order valence-corrected chi connectivity index (χ3v) is 3.84. The highest BCUT2D eigenvalue weighted by molar-refractivity contribution is 5.76. The molecule has 4 nitrogen and oxygen atoms in total. The largest absolute Gasteiger partial charge is 0.378 e. The summed E-state index contributed by atoms with van der Waals surface area (Å²) in [6, 6.07) is 6.45. The number of morpholine rings is 1. The number of halogens is 1. The van der Waals surface area contributed by atoms with E-state index in [9.17, 15) is 9.18 Å².